The molecule has 6 heteroatoms. The van der Waals surface area contributed by atoms with Crippen LogP contribution in [0.1, 0.15) is 28.0 Å². The summed E-state index contributed by atoms with van der Waals surface area (Å²) in [7, 11) is 1.77. The van der Waals surface area contributed by atoms with Gasteiger partial charge in [0.2, 0.25) is 5.91 Å². The number of amides is 1. The van der Waals surface area contributed by atoms with Crippen LogP contribution in [0.25, 0.3) is 10.2 Å². The number of hydrogen-bond donors (Lipinski definition) is 0. The second kappa shape index (κ2) is 6.68. The summed E-state index contributed by atoms with van der Waals surface area (Å²) in [4.78, 5) is 33.7. The summed E-state index contributed by atoms with van der Waals surface area (Å²) in [6.07, 6.45) is 4.59. The third-order valence-electron chi connectivity index (χ3n) is 5.09. The minimum absolute atomic E-state index is 0.0226. The Labute approximate surface area is 155 Å². The third kappa shape index (κ3) is 2.94. The lowest BCUT2D eigenvalue weighted by atomic mass is 10.1. The Balaban J connectivity index is 1.57. The van der Waals surface area contributed by atoms with E-state index >= 15 is 0 Å². The molecule has 26 heavy (non-hydrogen) atoms. The monoisotopic (exact) mass is 367 g/mol. The molecule has 0 saturated carbocycles. The lowest BCUT2D eigenvalue weighted by Crippen LogP contribution is -2.33. The zero-order chi connectivity index (χ0) is 18.3. The average molecular weight is 367 g/mol. The molecule has 2 heterocycles. The molecule has 0 fully saturated rings. The topological polar surface area (TPSA) is 55.2 Å². The zero-order valence-electron chi connectivity index (χ0n) is 15.0. The maximum absolute atomic E-state index is 12.9. The van der Waals surface area contributed by atoms with E-state index in [0.29, 0.717) is 6.54 Å². The largest absolute Gasteiger partial charge is 0.340 e. The van der Waals surface area contributed by atoms with Gasteiger partial charge in [-0.25, -0.2) is 4.98 Å². The predicted molar refractivity (Wildman–Crippen MR) is 104 cm³/mol. The Bertz CT molecular complexity index is 1050. The summed E-state index contributed by atoms with van der Waals surface area (Å²) in [6.45, 7) is 2.59. The number of aryl methyl sites for hydroxylation is 3. The van der Waals surface area contributed by atoms with Crippen LogP contribution in [0.5, 0.6) is 0 Å². The highest BCUT2D eigenvalue weighted by Crippen LogP contribution is 2.34. The van der Waals surface area contributed by atoms with Crippen molar-refractivity contribution in [2.75, 3.05) is 7.05 Å². The van der Waals surface area contributed by atoms with Crippen molar-refractivity contribution in [1.82, 2.24) is 14.5 Å². The lowest BCUT2D eigenvalue weighted by molar-refractivity contribution is -0.131. The standard InChI is InChI=1S/C20H21N3O2S/c1-13-6-3-4-7-14(13)10-22(2)17(24)11-23-12-21-19-18(20(23)25)15-8-5-9-16(15)26-19/h3-4,6-7,12H,5,8-11H2,1-2H3. The van der Waals surface area contributed by atoms with Gasteiger partial charge in [-0.15, -0.1) is 11.3 Å². The summed E-state index contributed by atoms with van der Waals surface area (Å²) >= 11 is 1.62. The molecule has 1 aliphatic carbocycles. The van der Waals surface area contributed by atoms with Crippen molar-refractivity contribution < 1.29 is 4.79 Å². The molecule has 0 saturated heterocycles. The van der Waals surface area contributed by atoms with E-state index in [9.17, 15) is 9.59 Å². The first-order valence-electron chi connectivity index (χ1n) is 8.82. The molecule has 0 radical (unpaired) electrons. The van der Waals surface area contributed by atoms with Crippen molar-refractivity contribution in [1.29, 1.82) is 0 Å². The first kappa shape index (κ1) is 17.0. The molecule has 134 valence electrons. The van der Waals surface area contributed by atoms with E-state index < -0.39 is 0 Å². The zero-order valence-corrected chi connectivity index (χ0v) is 15.8. The molecule has 5 nitrogen and oxygen atoms in total. The van der Waals surface area contributed by atoms with Gasteiger partial charge in [0.25, 0.3) is 5.56 Å². The van der Waals surface area contributed by atoms with Gasteiger partial charge < -0.3 is 4.90 Å². The second-order valence-corrected chi connectivity index (χ2v) is 7.98. The fourth-order valence-corrected chi connectivity index (χ4v) is 4.75. The van der Waals surface area contributed by atoms with Gasteiger partial charge in [-0.05, 0) is 42.9 Å². The summed E-state index contributed by atoms with van der Waals surface area (Å²) < 4.78 is 1.45. The molecule has 1 aliphatic rings. The third-order valence-corrected chi connectivity index (χ3v) is 6.29. The van der Waals surface area contributed by atoms with Crippen LogP contribution in [0.15, 0.2) is 35.4 Å². The van der Waals surface area contributed by atoms with Crippen LogP contribution < -0.4 is 5.56 Å². The molecular weight excluding hydrogens is 346 g/mol. The molecule has 1 aromatic carbocycles. The molecule has 3 aromatic rings. The van der Waals surface area contributed by atoms with Crippen LogP contribution in [0, 0.1) is 6.92 Å². The highest BCUT2D eigenvalue weighted by Gasteiger charge is 2.22. The van der Waals surface area contributed by atoms with Gasteiger partial charge >= 0.3 is 0 Å². The molecule has 0 atom stereocenters. The van der Waals surface area contributed by atoms with Gasteiger partial charge in [0.15, 0.2) is 0 Å². The van der Waals surface area contributed by atoms with Crippen molar-refractivity contribution >= 4 is 27.5 Å². The van der Waals surface area contributed by atoms with Crippen molar-refractivity contribution in [2.24, 2.45) is 0 Å². The summed E-state index contributed by atoms with van der Waals surface area (Å²) in [5, 5.41) is 0.722. The lowest BCUT2D eigenvalue weighted by Gasteiger charge is -2.19. The van der Waals surface area contributed by atoms with Gasteiger partial charge in [-0.2, -0.15) is 0 Å². The SMILES string of the molecule is Cc1ccccc1CN(C)C(=O)Cn1cnc2sc3c(c2c1=O)CCC3. The molecule has 1 amide bonds. The summed E-state index contributed by atoms with van der Waals surface area (Å²) in [5.74, 6) is -0.0941. The fraction of sp³-hybridized carbons (Fsp3) is 0.350. The quantitative estimate of drug-likeness (QED) is 0.712. The number of carbonyl (C=O) groups is 1. The highest BCUT2D eigenvalue weighted by molar-refractivity contribution is 7.18. The van der Waals surface area contributed by atoms with E-state index in [0.717, 1.165) is 46.2 Å². The first-order valence-corrected chi connectivity index (χ1v) is 9.64. The Morgan fingerprint density at radius 3 is 2.92 bits per heavy atom. The number of hydrogen-bond acceptors (Lipinski definition) is 4. The predicted octanol–water partition coefficient (Wildman–Crippen LogP) is 2.91. The van der Waals surface area contributed by atoms with Crippen molar-refractivity contribution in [3.8, 4) is 0 Å². The normalized spacial score (nSPS) is 13.2. The van der Waals surface area contributed by atoms with E-state index in [1.165, 1.54) is 15.8 Å². The maximum Gasteiger partial charge on any atom is 0.262 e. The van der Waals surface area contributed by atoms with Gasteiger partial charge in [0.1, 0.15) is 11.4 Å². The number of aromatic nitrogens is 2. The van der Waals surface area contributed by atoms with Crippen LogP contribution >= 0.6 is 11.3 Å². The number of fused-ring (bicyclic) bond motifs is 3. The number of nitrogens with zero attached hydrogens (tertiary/aromatic N) is 3. The van der Waals surface area contributed by atoms with Crippen LogP contribution in [-0.2, 0) is 30.7 Å². The molecule has 4 rings (SSSR count). The molecule has 0 aliphatic heterocycles. The van der Waals surface area contributed by atoms with Gasteiger partial charge in [0.05, 0.1) is 11.7 Å². The van der Waals surface area contributed by atoms with E-state index in [-0.39, 0.29) is 18.0 Å². The number of benzene rings is 1. The summed E-state index contributed by atoms with van der Waals surface area (Å²) in [6, 6.07) is 8.02. The van der Waals surface area contributed by atoms with E-state index in [4.69, 9.17) is 0 Å². The van der Waals surface area contributed by atoms with Crippen molar-refractivity contribution in [3.63, 3.8) is 0 Å². The Morgan fingerprint density at radius 2 is 2.12 bits per heavy atom. The van der Waals surface area contributed by atoms with E-state index in [1.807, 2.05) is 31.2 Å². The number of rotatable bonds is 4. The minimum atomic E-state index is -0.0941. The molecule has 0 spiro atoms. The van der Waals surface area contributed by atoms with E-state index in [2.05, 4.69) is 4.98 Å². The molecule has 2 aromatic heterocycles. The molecule has 0 bridgehead atoms. The van der Waals surface area contributed by atoms with Crippen LogP contribution in [-0.4, -0.2) is 27.4 Å². The van der Waals surface area contributed by atoms with Gasteiger partial charge in [-0.3, -0.25) is 14.2 Å². The second-order valence-electron chi connectivity index (χ2n) is 6.89. The fourth-order valence-electron chi connectivity index (χ4n) is 3.53. The van der Waals surface area contributed by atoms with Crippen LogP contribution in [0.4, 0.5) is 0 Å². The smallest absolute Gasteiger partial charge is 0.262 e. The Kier molecular flexibility index (Phi) is 4.36. The molecular formula is C20H21N3O2S. The summed E-state index contributed by atoms with van der Waals surface area (Å²) in [5.41, 5.74) is 3.32. The number of carbonyl (C=O) groups excluding carboxylic acids is 1. The van der Waals surface area contributed by atoms with Crippen molar-refractivity contribution in [3.05, 3.63) is 62.5 Å². The Morgan fingerprint density at radius 1 is 1.31 bits per heavy atom. The maximum atomic E-state index is 12.9. The van der Waals surface area contributed by atoms with Crippen molar-refractivity contribution in [2.45, 2.75) is 39.3 Å². The highest BCUT2D eigenvalue weighted by atomic mass is 32.1. The molecule has 0 N–H and O–H groups in total. The number of likely N-dealkylation sites (N-methyl/N-ethyl adjacent to an activating group) is 1. The minimum Gasteiger partial charge on any atom is -0.340 e. The van der Waals surface area contributed by atoms with Crippen LogP contribution in [0.2, 0.25) is 0 Å². The first-order chi connectivity index (χ1) is 12.5. The van der Waals surface area contributed by atoms with Gasteiger partial charge in [0, 0.05) is 18.5 Å². The Hall–Kier alpha value is -2.47. The van der Waals surface area contributed by atoms with E-state index in [1.54, 1.807) is 23.3 Å². The molecule has 0 unspecified atom stereocenters. The van der Waals surface area contributed by atoms with Crippen LogP contribution in [0.3, 0.4) is 0 Å². The number of thiophene rings is 1. The average Bonchev–Trinajstić information content (AvgIpc) is 3.20. The van der Waals surface area contributed by atoms with Gasteiger partial charge in [-0.1, -0.05) is 24.3 Å².